The van der Waals surface area contributed by atoms with Crippen LogP contribution in [0.25, 0.3) is 0 Å². The third-order valence-corrected chi connectivity index (χ3v) is 8.00. The van der Waals surface area contributed by atoms with E-state index >= 15 is 0 Å². The van der Waals surface area contributed by atoms with Gasteiger partial charge in [-0.3, -0.25) is 8.42 Å². The molecule has 0 aliphatic heterocycles. The van der Waals surface area contributed by atoms with E-state index in [1.807, 2.05) is 0 Å². The van der Waals surface area contributed by atoms with Crippen molar-refractivity contribution >= 4 is 10.4 Å². The second-order valence-electron chi connectivity index (χ2n) is 9.97. The highest BCUT2D eigenvalue weighted by Crippen LogP contribution is 2.12. The Kier molecular flexibility index (Phi) is 28.6. The van der Waals surface area contributed by atoms with Gasteiger partial charge in [0.05, 0.1) is 52.4 Å². The maximum absolute atomic E-state index is 8.52. The maximum Gasteiger partial charge on any atom is 0.0786 e. The Morgan fingerprint density at radius 2 is 0.629 bits per heavy atom. The zero-order chi connectivity index (χ0) is 27.6. The molecule has 0 aliphatic carbocycles. The summed E-state index contributed by atoms with van der Waals surface area (Å²) in [6.45, 7) is 29.2. The van der Waals surface area contributed by atoms with E-state index in [1.165, 1.54) is 138 Å². The lowest BCUT2D eigenvalue weighted by Gasteiger charge is -2.35. The number of nitrogens with zero attached hydrogens (tertiary/aromatic N) is 2. The van der Waals surface area contributed by atoms with Crippen LogP contribution in [0.1, 0.15) is 132 Å². The third-order valence-electron chi connectivity index (χ3n) is 8.00. The van der Waals surface area contributed by atoms with Crippen molar-refractivity contribution in [2.24, 2.45) is 0 Å². The van der Waals surface area contributed by atoms with Crippen LogP contribution in [0.3, 0.4) is 0 Å². The Morgan fingerprint density at radius 3 is 0.829 bits per heavy atom. The molecular formula is C28H64N2O4S. The van der Waals surface area contributed by atoms with Gasteiger partial charge >= 0.3 is 0 Å². The van der Waals surface area contributed by atoms with E-state index in [1.54, 1.807) is 0 Å². The van der Waals surface area contributed by atoms with Crippen molar-refractivity contribution in [1.82, 2.24) is 0 Å². The first kappa shape index (κ1) is 39.3. The van der Waals surface area contributed by atoms with Crippen LogP contribution >= 0.6 is 0 Å². The van der Waals surface area contributed by atoms with Crippen LogP contribution in [0, 0.1) is 0 Å². The summed E-state index contributed by atoms with van der Waals surface area (Å²) in [6.07, 6.45) is 17.1. The molecule has 0 unspecified atom stereocenters. The molecule has 35 heavy (non-hydrogen) atoms. The van der Waals surface area contributed by atoms with E-state index in [9.17, 15) is 0 Å². The zero-order valence-corrected chi connectivity index (χ0v) is 25.9. The quantitative estimate of drug-likeness (QED) is 0.0735. The standard InChI is InChI=1S/2C14H32N.H2O4S/c2*1-5-9-10-11-12-13-14-15(6-2,7-3)8-4;1-5(2,3)4/h2*5-14H2,1-4H3;(H2,1,2,3,4)/q2*+1;/p-2. The van der Waals surface area contributed by atoms with Crippen molar-refractivity contribution in [2.75, 3.05) is 52.4 Å². The average Bonchev–Trinajstić information content (AvgIpc) is 2.84. The fourth-order valence-electron chi connectivity index (χ4n) is 4.75. The van der Waals surface area contributed by atoms with E-state index in [2.05, 4.69) is 55.4 Å². The van der Waals surface area contributed by atoms with Gasteiger partial charge in [-0.25, -0.2) is 0 Å². The van der Waals surface area contributed by atoms with Crippen molar-refractivity contribution in [3.8, 4) is 0 Å². The molecule has 0 N–H and O–H groups in total. The Labute approximate surface area is 221 Å². The van der Waals surface area contributed by atoms with Gasteiger partial charge in [0, 0.05) is 10.4 Å². The fourth-order valence-corrected chi connectivity index (χ4v) is 4.75. The van der Waals surface area contributed by atoms with Gasteiger partial charge in [0.2, 0.25) is 0 Å². The highest BCUT2D eigenvalue weighted by atomic mass is 32.3. The highest BCUT2D eigenvalue weighted by molar-refractivity contribution is 7.79. The van der Waals surface area contributed by atoms with Crippen molar-refractivity contribution in [3.63, 3.8) is 0 Å². The van der Waals surface area contributed by atoms with Gasteiger partial charge in [0.1, 0.15) is 0 Å². The van der Waals surface area contributed by atoms with E-state index in [-0.39, 0.29) is 0 Å². The molecule has 0 fully saturated rings. The molecule has 0 amide bonds. The average molecular weight is 525 g/mol. The van der Waals surface area contributed by atoms with Crippen LogP contribution in [-0.4, -0.2) is 78.8 Å². The predicted octanol–water partition coefficient (Wildman–Crippen LogP) is 7.11. The molecule has 0 rings (SSSR count). The van der Waals surface area contributed by atoms with Crippen molar-refractivity contribution in [3.05, 3.63) is 0 Å². The summed E-state index contributed by atoms with van der Waals surface area (Å²) in [7, 11) is -5.17. The van der Waals surface area contributed by atoms with E-state index in [0.29, 0.717) is 0 Å². The lowest BCUT2D eigenvalue weighted by atomic mass is 10.1. The topological polar surface area (TPSA) is 80.3 Å². The molecule has 7 heteroatoms. The summed E-state index contributed by atoms with van der Waals surface area (Å²) in [6, 6.07) is 0. The van der Waals surface area contributed by atoms with Gasteiger partial charge in [-0.05, 0) is 67.2 Å². The first-order chi connectivity index (χ1) is 16.5. The second-order valence-corrected chi connectivity index (χ2v) is 10.8. The fraction of sp³-hybridized carbons (Fsp3) is 1.00. The molecule has 6 nitrogen and oxygen atoms in total. The Bertz CT molecular complexity index is 463. The first-order valence-electron chi connectivity index (χ1n) is 14.9. The van der Waals surface area contributed by atoms with Crippen LogP contribution < -0.4 is 0 Å². The van der Waals surface area contributed by atoms with E-state index in [0.717, 1.165) is 0 Å². The van der Waals surface area contributed by atoms with Crippen LogP contribution in [0.15, 0.2) is 0 Å². The number of rotatable bonds is 20. The lowest BCUT2D eigenvalue weighted by molar-refractivity contribution is -0.923. The Morgan fingerprint density at radius 1 is 0.429 bits per heavy atom. The third kappa shape index (κ3) is 26.7. The van der Waals surface area contributed by atoms with E-state index < -0.39 is 10.4 Å². The SMILES string of the molecule is CCCCCCCC[N+](CC)(CC)CC.CCCCCCCC[N+](CC)(CC)CC.O=S(=O)([O-])[O-]. The van der Waals surface area contributed by atoms with Crippen LogP contribution in [0.2, 0.25) is 0 Å². The van der Waals surface area contributed by atoms with Crippen molar-refractivity contribution in [1.29, 1.82) is 0 Å². The van der Waals surface area contributed by atoms with Crippen molar-refractivity contribution in [2.45, 2.75) is 132 Å². The van der Waals surface area contributed by atoms with Gasteiger partial charge in [-0.1, -0.05) is 65.2 Å². The summed E-state index contributed by atoms with van der Waals surface area (Å²) in [5.74, 6) is 0. The molecule has 0 radical (unpaired) electrons. The van der Waals surface area contributed by atoms with Crippen LogP contribution in [0.5, 0.6) is 0 Å². The normalized spacial score (nSPS) is 11.9. The van der Waals surface area contributed by atoms with Gasteiger partial charge in [-0.2, -0.15) is 0 Å². The molecule has 0 saturated heterocycles. The molecule has 0 aromatic rings. The van der Waals surface area contributed by atoms with Gasteiger partial charge < -0.3 is 18.1 Å². The summed E-state index contributed by atoms with van der Waals surface area (Å²) in [5.41, 5.74) is 0. The summed E-state index contributed by atoms with van der Waals surface area (Å²) in [5, 5.41) is 0. The smallest absolute Gasteiger partial charge is 0.0786 e. The Hall–Kier alpha value is -0.210. The van der Waals surface area contributed by atoms with Crippen LogP contribution in [0.4, 0.5) is 0 Å². The number of hydrogen-bond donors (Lipinski definition) is 0. The molecular weight excluding hydrogens is 460 g/mol. The monoisotopic (exact) mass is 524 g/mol. The number of hydrogen-bond acceptors (Lipinski definition) is 4. The molecule has 0 aromatic heterocycles. The second kappa shape index (κ2) is 25.4. The van der Waals surface area contributed by atoms with Crippen LogP contribution in [-0.2, 0) is 10.4 Å². The molecule has 0 saturated carbocycles. The molecule has 216 valence electrons. The summed E-state index contributed by atoms with van der Waals surface area (Å²) < 4.78 is 36.7. The molecule has 0 spiro atoms. The first-order valence-corrected chi connectivity index (χ1v) is 16.2. The Balaban J connectivity index is -0.000000491. The molecule has 0 aliphatic rings. The minimum absolute atomic E-state index is 1.31. The largest absolute Gasteiger partial charge is 0.759 e. The summed E-state index contributed by atoms with van der Waals surface area (Å²) >= 11 is 0. The van der Waals surface area contributed by atoms with Gasteiger partial charge in [0.25, 0.3) is 0 Å². The van der Waals surface area contributed by atoms with Gasteiger partial charge in [0.15, 0.2) is 0 Å². The molecule has 0 heterocycles. The minimum atomic E-state index is -5.17. The highest BCUT2D eigenvalue weighted by Gasteiger charge is 2.20. The predicted molar refractivity (Wildman–Crippen MR) is 151 cm³/mol. The lowest BCUT2D eigenvalue weighted by Crippen LogP contribution is -2.48. The summed E-state index contributed by atoms with van der Waals surface area (Å²) in [4.78, 5) is 0. The molecule has 0 aromatic carbocycles. The number of quaternary nitrogens is 2. The maximum atomic E-state index is 8.52. The zero-order valence-electron chi connectivity index (χ0n) is 25.1. The molecule has 0 bridgehead atoms. The number of unbranched alkanes of at least 4 members (excludes halogenated alkanes) is 10. The van der Waals surface area contributed by atoms with Gasteiger partial charge in [-0.15, -0.1) is 0 Å². The van der Waals surface area contributed by atoms with E-state index in [4.69, 9.17) is 17.5 Å². The molecule has 0 atom stereocenters. The van der Waals surface area contributed by atoms with Crippen molar-refractivity contribution < 1.29 is 26.5 Å². The minimum Gasteiger partial charge on any atom is -0.759 e.